The van der Waals surface area contributed by atoms with Gasteiger partial charge in [0.1, 0.15) is 0 Å². The maximum Gasteiger partial charge on any atom is 0.191 e. The second-order valence-corrected chi connectivity index (χ2v) is 8.32. The van der Waals surface area contributed by atoms with Gasteiger partial charge in [-0.15, -0.1) is 24.0 Å². The van der Waals surface area contributed by atoms with Crippen LogP contribution in [-0.2, 0) is 24.5 Å². The summed E-state index contributed by atoms with van der Waals surface area (Å²) >= 11 is 1.97. The largest absolute Gasteiger partial charge is 0.372 e. The Bertz CT molecular complexity index is 757. The van der Waals surface area contributed by atoms with Crippen molar-refractivity contribution < 1.29 is 4.74 Å². The van der Waals surface area contributed by atoms with E-state index in [4.69, 9.17) is 4.74 Å². The van der Waals surface area contributed by atoms with Gasteiger partial charge in [-0.1, -0.05) is 54.6 Å². The van der Waals surface area contributed by atoms with Crippen molar-refractivity contribution in [3.63, 3.8) is 0 Å². The lowest BCUT2D eigenvalue weighted by molar-refractivity contribution is 0.106. The fourth-order valence-corrected chi connectivity index (χ4v) is 4.37. The van der Waals surface area contributed by atoms with Gasteiger partial charge in [0.15, 0.2) is 5.96 Å². The standard InChI is InChI=1S/C23H31N3OS.HI/c1-24-23(26-21-12-13-22(14-21)28-2)25-15-19-10-6-7-11-20(19)17-27-16-18-8-4-3-5-9-18;/h3-11,21-22H,12-17H2,1-2H3,(H2,24,25,26);1H. The molecule has 158 valence electrons. The Morgan fingerprint density at radius 3 is 2.45 bits per heavy atom. The minimum atomic E-state index is 0. The van der Waals surface area contributed by atoms with E-state index in [-0.39, 0.29) is 24.0 Å². The first kappa shape index (κ1) is 24.0. The van der Waals surface area contributed by atoms with Crippen LogP contribution in [0.2, 0.25) is 0 Å². The Kier molecular flexibility index (Phi) is 10.9. The Morgan fingerprint density at radius 2 is 1.76 bits per heavy atom. The molecule has 1 fully saturated rings. The molecule has 0 amide bonds. The fourth-order valence-electron chi connectivity index (χ4n) is 3.58. The number of aliphatic imine (C=N–C) groups is 1. The molecule has 0 saturated heterocycles. The second kappa shape index (κ2) is 13.1. The maximum absolute atomic E-state index is 5.94. The third kappa shape index (κ3) is 7.83. The van der Waals surface area contributed by atoms with E-state index in [9.17, 15) is 0 Å². The van der Waals surface area contributed by atoms with E-state index in [0.29, 0.717) is 19.3 Å². The number of thioether (sulfide) groups is 1. The maximum atomic E-state index is 5.94. The number of nitrogens with zero attached hydrogens (tertiary/aromatic N) is 1. The first-order chi connectivity index (χ1) is 13.8. The van der Waals surface area contributed by atoms with E-state index < -0.39 is 0 Å². The van der Waals surface area contributed by atoms with E-state index in [1.165, 1.54) is 36.0 Å². The van der Waals surface area contributed by atoms with Crippen molar-refractivity contribution in [2.45, 2.75) is 50.3 Å². The summed E-state index contributed by atoms with van der Waals surface area (Å²) in [5.41, 5.74) is 3.65. The highest BCUT2D eigenvalue weighted by atomic mass is 127. The quantitative estimate of drug-likeness (QED) is 0.290. The first-order valence-corrected chi connectivity index (χ1v) is 11.3. The highest BCUT2D eigenvalue weighted by Gasteiger charge is 2.24. The first-order valence-electron chi connectivity index (χ1n) is 9.97. The van der Waals surface area contributed by atoms with Crippen LogP contribution >= 0.6 is 35.7 Å². The Labute approximate surface area is 196 Å². The topological polar surface area (TPSA) is 45.7 Å². The molecular formula is C23H32IN3OS. The predicted molar refractivity (Wildman–Crippen MR) is 135 cm³/mol. The van der Waals surface area contributed by atoms with Gasteiger partial charge < -0.3 is 15.4 Å². The second-order valence-electron chi connectivity index (χ2n) is 7.18. The van der Waals surface area contributed by atoms with Crippen molar-refractivity contribution in [2.24, 2.45) is 4.99 Å². The van der Waals surface area contributed by atoms with E-state index in [0.717, 1.165) is 17.8 Å². The molecule has 1 aliphatic carbocycles. The number of halogens is 1. The fraction of sp³-hybridized carbons (Fsp3) is 0.435. The van der Waals surface area contributed by atoms with Gasteiger partial charge in [-0.2, -0.15) is 11.8 Å². The summed E-state index contributed by atoms with van der Waals surface area (Å²) in [6, 6.07) is 19.3. The molecule has 2 atom stereocenters. The van der Waals surface area contributed by atoms with Crippen molar-refractivity contribution in [2.75, 3.05) is 13.3 Å². The van der Waals surface area contributed by atoms with Crippen LogP contribution in [-0.4, -0.2) is 30.6 Å². The number of hydrogen-bond donors (Lipinski definition) is 2. The molecular weight excluding hydrogens is 493 g/mol. The van der Waals surface area contributed by atoms with Gasteiger partial charge >= 0.3 is 0 Å². The van der Waals surface area contributed by atoms with Crippen molar-refractivity contribution in [1.82, 2.24) is 10.6 Å². The van der Waals surface area contributed by atoms with Crippen LogP contribution in [0.25, 0.3) is 0 Å². The zero-order valence-corrected chi connectivity index (χ0v) is 20.4. The molecule has 2 aromatic carbocycles. The van der Waals surface area contributed by atoms with E-state index in [1.54, 1.807) is 0 Å². The van der Waals surface area contributed by atoms with Gasteiger partial charge in [0.05, 0.1) is 13.2 Å². The molecule has 1 saturated carbocycles. The molecule has 0 aliphatic heterocycles. The minimum Gasteiger partial charge on any atom is -0.372 e. The van der Waals surface area contributed by atoms with Crippen LogP contribution in [0.1, 0.15) is 36.0 Å². The number of benzene rings is 2. The normalized spacial score (nSPS) is 18.9. The van der Waals surface area contributed by atoms with Crippen molar-refractivity contribution >= 4 is 41.7 Å². The molecule has 0 bridgehead atoms. The SMILES string of the molecule is CN=C(NCc1ccccc1COCc1ccccc1)NC1CCC(SC)C1.I. The molecule has 2 unspecified atom stereocenters. The zero-order valence-electron chi connectivity index (χ0n) is 17.3. The molecule has 0 aromatic heterocycles. The number of hydrogen-bond acceptors (Lipinski definition) is 3. The van der Waals surface area contributed by atoms with Gasteiger partial charge in [-0.05, 0) is 42.2 Å². The predicted octanol–water partition coefficient (Wildman–Crippen LogP) is 4.97. The monoisotopic (exact) mass is 525 g/mol. The highest BCUT2D eigenvalue weighted by molar-refractivity contribution is 14.0. The van der Waals surface area contributed by atoms with E-state index >= 15 is 0 Å². The summed E-state index contributed by atoms with van der Waals surface area (Å²) in [5.74, 6) is 0.881. The van der Waals surface area contributed by atoms with Crippen LogP contribution in [0.5, 0.6) is 0 Å². The Balaban J connectivity index is 0.00000300. The number of guanidine groups is 1. The van der Waals surface area contributed by atoms with Crippen LogP contribution in [0.15, 0.2) is 59.6 Å². The van der Waals surface area contributed by atoms with E-state index in [1.807, 2.05) is 37.0 Å². The molecule has 0 radical (unpaired) electrons. The minimum absolute atomic E-state index is 0. The van der Waals surface area contributed by atoms with Crippen molar-refractivity contribution in [3.8, 4) is 0 Å². The van der Waals surface area contributed by atoms with Crippen LogP contribution in [0.4, 0.5) is 0 Å². The summed E-state index contributed by atoms with van der Waals surface area (Å²) in [6.45, 7) is 1.98. The van der Waals surface area contributed by atoms with Crippen molar-refractivity contribution in [1.29, 1.82) is 0 Å². The zero-order chi connectivity index (χ0) is 19.6. The van der Waals surface area contributed by atoms with Crippen molar-refractivity contribution in [3.05, 3.63) is 71.3 Å². The molecule has 6 heteroatoms. The summed E-state index contributed by atoms with van der Waals surface area (Å²) in [4.78, 5) is 4.41. The highest BCUT2D eigenvalue weighted by Crippen LogP contribution is 2.28. The molecule has 3 rings (SSSR count). The summed E-state index contributed by atoms with van der Waals surface area (Å²) < 4.78 is 5.94. The smallest absolute Gasteiger partial charge is 0.191 e. The van der Waals surface area contributed by atoms with Crippen LogP contribution in [0.3, 0.4) is 0 Å². The lowest BCUT2D eigenvalue weighted by atomic mass is 10.1. The van der Waals surface area contributed by atoms with Gasteiger partial charge in [-0.3, -0.25) is 4.99 Å². The van der Waals surface area contributed by atoms with Crippen LogP contribution < -0.4 is 10.6 Å². The molecule has 29 heavy (non-hydrogen) atoms. The summed E-state index contributed by atoms with van der Waals surface area (Å²) in [5, 5.41) is 7.83. The van der Waals surface area contributed by atoms with Gasteiger partial charge in [-0.25, -0.2) is 0 Å². The molecule has 0 heterocycles. The average Bonchev–Trinajstić information content (AvgIpc) is 3.20. The molecule has 0 spiro atoms. The third-order valence-electron chi connectivity index (χ3n) is 5.22. The molecule has 2 N–H and O–H groups in total. The summed E-state index contributed by atoms with van der Waals surface area (Å²) in [7, 11) is 1.84. The van der Waals surface area contributed by atoms with E-state index in [2.05, 4.69) is 58.3 Å². The Hall–Kier alpha value is -1.25. The number of nitrogens with one attached hydrogen (secondary N) is 2. The number of rotatable bonds is 8. The van der Waals surface area contributed by atoms with Gasteiger partial charge in [0, 0.05) is 24.9 Å². The van der Waals surface area contributed by atoms with Gasteiger partial charge in [0.2, 0.25) is 0 Å². The summed E-state index contributed by atoms with van der Waals surface area (Å²) in [6.07, 6.45) is 5.93. The average molecular weight is 526 g/mol. The third-order valence-corrected chi connectivity index (χ3v) is 6.31. The molecule has 2 aromatic rings. The van der Waals surface area contributed by atoms with Crippen LogP contribution in [0, 0.1) is 0 Å². The van der Waals surface area contributed by atoms with Gasteiger partial charge in [0.25, 0.3) is 0 Å². The lowest BCUT2D eigenvalue weighted by Gasteiger charge is -2.18. The Morgan fingerprint density at radius 1 is 1.03 bits per heavy atom. The lowest BCUT2D eigenvalue weighted by Crippen LogP contribution is -2.42. The molecule has 4 nitrogen and oxygen atoms in total. The molecule has 1 aliphatic rings. The number of ether oxygens (including phenoxy) is 1.